The van der Waals surface area contributed by atoms with E-state index in [1.54, 1.807) is 49.4 Å². The number of nitrogens with one attached hydrogen (secondary N) is 1. The highest BCUT2D eigenvalue weighted by Crippen LogP contribution is 2.20. The first-order valence-electron chi connectivity index (χ1n) is 6.77. The van der Waals surface area contributed by atoms with Gasteiger partial charge in [0, 0.05) is 12.1 Å². The van der Waals surface area contributed by atoms with E-state index >= 15 is 0 Å². The molecule has 0 aliphatic rings. The Morgan fingerprint density at radius 3 is 2.41 bits per heavy atom. The van der Waals surface area contributed by atoms with Crippen molar-refractivity contribution in [1.82, 2.24) is 5.32 Å². The largest absolute Gasteiger partial charge is 0.378 e. The van der Waals surface area contributed by atoms with Crippen molar-refractivity contribution in [2.24, 2.45) is 0 Å². The number of carbonyl (C=O) groups excluding carboxylic acids is 1. The van der Waals surface area contributed by atoms with Gasteiger partial charge in [-0.15, -0.1) is 0 Å². The second-order valence-electron chi connectivity index (χ2n) is 4.90. The summed E-state index contributed by atoms with van der Waals surface area (Å²) in [6, 6.07) is 14.1. The van der Waals surface area contributed by atoms with Gasteiger partial charge in [-0.1, -0.05) is 42.5 Å². The molecule has 1 amide bonds. The van der Waals surface area contributed by atoms with Crippen LogP contribution in [0.25, 0.3) is 0 Å². The SMILES string of the molecule is C[C@@H](NC(=O)[C@H](O)c1ccccc1)c1cccc([N+](=O)[O-])c1. The van der Waals surface area contributed by atoms with Crippen LogP contribution in [0.4, 0.5) is 5.69 Å². The minimum Gasteiger partial charge on any atom is -0.378 e. The van der Waals surface area contributed by atoms with Crippen molar-refractivity contribution in [2.45, 2.75) is 19.1 Å². The molecular formula is C16H16N2O4. The van der Waals surface area contributed by atoms with Gasteiger partial charge in [-0.2, -0.15) is 0 Å². The van der Waals surface area contributed by atoms with E-state index in [2.05, 4.69) is 5.32 Å². The molecule has 2 rings (SSSR count). The molecule has 0 unspecified atom stereocenters. The fraction of sp³-hybridized carbons (Fsp3) is 0.188. The Morgan fingerprint density at radius 1 is 1.14 bits per heavy atom. The summed E-state index contributed by atoms with van der Waals surface area (Å²) in [4.78, 5) is 22.3. The molecule has 2 aromatic carbocycles. The summed E-state index contributed by atoms with van der Waals surface area (Å²) in [5, 5.41) is 23.4. The van der Waals surface area contributed by atoms with E-state index < -0.39 is 23.0 Å². The predicted octanol–water partition coefficient (Wildman–Crippen LogP) is 2.51. The molecule has 0 aromatic heterocycles. The minimum atomic E-state index is -1.28. The lowest BCUT2D eigenvalue weighted by Gasteiger charge is -2.17. The van der Waals surface area contributed by atoms with Crippen LogP contribution in [0.1, 0.15) is 30.2 Å². The minimum absolute atomic E-state index is 0.0396. The van der Waals surface area contributed by atoms with Crippen LogP contribution in [0.2, 0.25) is 0 Å². The number of benzene rings is 2. The second kappa shape index (κ2) is 6.82. The molecule has 0 aliphatic carbocycles. The molecule has 0 heterocycles. The standard InChI is InChI=1S/C16H16N2O4/c1-11(13-8-5-9-14(10-13)18(21)22)17-16(20)15(19)12-6-3-2-4-7-12/h2-11,15,19H,1H3,(H,17,20)/t11-,15-/m1/s1. The molecule has 0 aliphatic heterocycles. The average Bonchev–Trinajstić information content (AvgIpc) is 2.54. The van der Waals surface area contributed by atoms with E-state index in [0.29, 0.717) is 11.1 Å². The quantitative estimate of drug-likeness (QED) is 0.655. The van der Waals surface area contributed by atoms with Crippen LogP contribution in [0.5, 0.6) is 0 Å². The molecule has 6 heteroatoms. The lowest BCUT2D eigenvalue weighted by atomic mass is 10.1. The highest BCUT2D eigenvalue weighted by atomic mass is 16.6. The van der Waals surface area contributed by atoms with Crippen molar-refractivity contribution in [1.29, 1.82) is 0 Å². The van der Waals surface area contributed by atoms with Crippen LogP contribution in [0.3, 0.4) is 0 Å². The predicted molar refractivity (Wildman–Crippen MR) is 81.1 cm³/mol. The molecule has 0 saturated heterocycles. The topological polar surface area (TPSA) is 92.5 Å². The number of nitro benzene ring substituents is 1. The molecule has 0 saturated carbocycles. The Bertz CT molecular complexity index is 673. The summed E-state index contributed by atoms with van der Waals surface area (Å²) in [5.74, 6) is -0.551. The first-order chi connectivity index (χ1) is 10.5. The molecule has 2 atom stereocenters. The van der Waals surface area contributed by atoms with Gasteiger partial charge in [-0.3, -0.25) is 14.9 Å². The highest BCUT2D eigenvalue weighted by molar-refractivity contribution is 5.82. The van der Waals surface area contributed by atoms with Crippen LogP contribution in [-0.2, 0) is 4.79 Å². The summed E-state index contributed by atoms with van der Waals surface area (Å²) in [6.07, 6.45) is -1.28. The summed E-state index contributed by atoms with van der Waals surface area (Å²) < 4.78 is 0. The zero-order valence-corrected chi connectivity index (χ0v) is 12.0. The molecule has 114 valence electrons. The summed E-state index contributed by atoms with van der Waals surface area (Å²) in [6.45, 7) is 1.70. The van der Waals surface area contributed by atoms with E-state index in [9.17, 15) is 20.0 Å². The molecule has 0 spiro atoms. The van der Waals surface area contributed by atoms with E-state index in [1.165, 1.54) is 12.1 Å². The van der Waals surface area contributed by atoms with Crippen LogP contribution >= 0.6 is 0 Å². The number of aliphatic hydroxyl groups is 1. The Kier molecular flexibility index (Phi) is 4.85. The highest BCUT2D eigenvalue weighted by Gasteiger charge is 2.20. The van der Waals surface area contributed by atoms with Gasteiger partial charge >= 0.3 is 0 Å². The third-order valence-corrected chi connectivity index (χ3v) is 3.30. The van der Waals surface area contributed by atoms with Gasteiger partial charge in [0.25, 0.3) is 11.6 Å². The molecule has 2 N–H and O–H groups in total. The Morgan fingerprint density at radius 2 is 1.77 bits per heavy atom. The smallest absolute Gasteiger partial charge is 0.269 e. The third kappa shape index (κ3) is 3.67. The summed E-state index contributed by atoms with van der Waals surface area (Å²) in [7, 11) is 0. The number of nitro groups is 1. The van der Waals surface area contributed by atoms with Crippen molar-refractivity contribution in [2.75, 3.05) is 0 Å². The maximum absolute atomic E-state index is 12.1. The van der Waals surface area contributed by atoms with Crippen molar-refractivity contribution in [3.63, 3.8) is 0 Å². The molecule has 6 nitrogen and oxygen atoms in total. The number of hydrogen-bond donors (Lipinski definition) is 2. The number of amides is 1. The van der Waals surface area contributed by atoms with Gasteiger partial charge in [-0.05, 0) is 18.1 Å². The summed E-state index contributed by atoms with van der Waals surface area (Å²) in [5.41, 5.74) is 1.05. The van der Waals surface area contributed by atoms with Crippen molar-refractivity contribution in [3.05, 3.63) is 75.8 Å². The van der Waals surface area contributed by atoms with Gasteiger partial charge in [0.15, 0.2) is 6.10 Å². The maximum atomic E-state index is 12.1. The van der Waals surface area contributed by atoms with E-state index in [-0.39, 0.29) is 5.69 Å². The number of carbonyl (C=O) groups is 1. The van der Waals surface area contributed by atoms with Gasteiger partial charge in [0.05, 0.1) is 11.0 Å². The maximum Gasteiger partial charge on any atom is 0.269 e. The zero-order chi connectivity index (χ0) is 16.1. The zero-order valence-electron chi connectivity index (χ0n) is 12.0. The molecular weight excluding hydrogens is 284 g/mol. The number of non-ortho nitro benzene ring substituents is 1. The molecule has 2 aromatic rings. The number of aliphatic hydroxyl groups excluding tert-OH is 1. The van der Waals surface area contributed by atoms with Crippen LogP contribution in [-0.4, -0.2) is 15.9 Å². The Labute approximate surface area is 127 Å². The molecule has 0 radical (unpaired) electrons. The molecule has 0 fully saturated rings. The van der Waals surface area contributed by atoms with Gasteiger partial charge in [0.1, 0.15) is 0 Å². The number of hydrogen-bond acceptors (Lipinski definition) is 4. The lowest BCUT2D eigenvalue weighted by molar-refractivity contribution is -0.384. The Balaban J connectivity index is 2.08. The Hall–Kier alpha value is -2.73. The van der Waals surface area contributed by atoms with Gasteiger partial charge < -0.3 is 10.4 Å². The van der Waals surface area contributed by atoms with E-state index in [4.69, 9.17) is 0 Å². The van der Waals surface area contributed by atoms with Crippen LogP contribution in [0, 0.1) is 10.1 Å². The first kappa shape index (κ1) is 15.7. The number of rotatable bonds is 5. The monoisotopic (exact) mass is 300 g/mol. The van der Waals surface area contributed by atoms with Crippen molar-refractivity contribution < 1.29 is 14.8 Å². The van der Waals surface area contributed by atoms with Crippen LogP contribution in [0.15, 0.2) is 54.6 Å². The average molecular weight is 300 g/mol. The van der Waals surface area contributed by atoms with Crippen LogP contribution < -0.4 is 5.32 Å². The van der Waals surface area contributed by atoms with Gasteiger partial charge in [0.2, 0.25) is 0 Å². The molecule has 22 heavy (non-hydrogen) atoms. The summed E-state index contributed by atoms with van der Waals surface area (Å²) >= 11 is 0. The third-order valence-electron chi connectivity index (χ3n) is 3.30. The van der Waals surface area contributed by atoms with E-state index in [0.717, 1.165) is 0 Å². The second-order valence-corrected chi connectivity index (χ2v) is 4.90. The lowest BCUT2D eigenvalue weighted by Crippen LogP contribution is -2.31. The van der Waals surface area contributed by atoms with E-state index in [1.807, 2.05) is 0 Å². The van der Waals surface area contributed by atoms with Crippen molar-refractivity contribution >= 4 is 11.6 Å². The molecule has 0 bridgehead atoms. The normalized spacial score (nSPS) is 13.2. The fourth-order valence-corrected chi connectivity index (χ4v) is 2.07. The fourth-order valence-electron chi connectivity index (χ4n) is 2.07. The van der Waals surface area contributed by atoms with Gasteiger partial charge in [-0.25, -0.2) is 0 Å². The first-order valence-corrected chi connectivity index (χ1v) is 6.77. The number of nitrogens with zero attached hydrogens (tertiary/aromatic N) is 1. The van der Waals surface area contributed by atoms with Crippen molar-refractivity contribution in [3.8, 4) is 0 Å².